The fraction of sp³-hybridized carbons (Fsp3) is 0.231. The Morgan fingerprint density at radius 1 is 1.47 bits per heavy atom. The zero-order valence-corrected chi connectivity index (χ0v) is 9.50. The first-order valence-electron chi connectivity index (χ1n) is 5.19. The van der Waals surface area contributed by atoms with Crippen molar-refractivity contribution < 1.29 is 14.3 Å². The van der Waals surface area contributed by atoms with E-state index in [0.29, 0.717) is 5.75 Å². The first-order valence-corrected chi connectivity index (χ1v) is 5.19. The molecule has 0 saturated carbocycles. The van der Waals surface area contributed by atoms with Gasteiger partial charge in [0.15, 0.2) is 0 Å². The van der Waals surface area contributed by atoms with Crippen LogP contribution < -0.4 is 4.74 Å². The summed E-state index contributed by atoms with van der Waals surface area (Å²) in [7, 11) is 0. The van der Waals surface area contributed by atoms with Crippen LogP contribution in [0.25, 0.3) is 4.85 Å². The Hall–Kier alpha value is -2.28. The summed E-state index contributed by atoms with van der Waals surface area (Å²) >= 11 is 0. The fourth-order valence-corrected chi connectivity index (χ4v) is 1.09. The van der Waals surface area contributed by atoms with Crippen molar-refractivity contribution in [2.75, 3.05) is 6.61 Å². The number of ether oxygens (including phenoxy) is 2. The number of benzene rings is 1. The monoisotopic (exact) mass is 231 g/mol. The Bertz CT molecular complexity index is 420. The van der Waals surface area contributed by atoms with Crippen LogP contribution in [0.1, 0.15) is 6.92 Å². The highest BCUT2D eigenvalue weighted by Crippen LogP contribution is 2.09. The first-order chi connectivity index (χ1) is 8.27. The van der Waals surface area contributed by atoms with Gasteiger partial charge in [0.25, 0.3) is 0 Å². The largest absolute Gasteiger partial charge is 0.465 e. The van der Waals surface area contributed by atoms with E-state index < -0.39 is 12.0 Å². The summed E-state index contributed by atoms with van der Waals surface area (Å²) in [6, 6.07) is 8.15. The summed E-state index contributed by atoms with van der Waals surface area (Å²) in [4.78, 5) is 14.4. The maximum Gasteiger partial charge on any atom is 0.394 e. The van der Waals surface area contributed by atoms with Crippen molar-refractivity contribution in [1.29, 1.82) is 0 Å². The second kappa shape index (κ2) is 7.07. The van der Waals surface area contributed by atoms with E-state index in [9.17, 15) is 4.79 Å². The van der Waals surface area contributed by atoms with Crippen molar-refractivity contribution >= 4 is 5.97 Å². The molecule has 0 heterocycles. The molecule has 88 valence electrons. The van der Waals surface area contributed by atoms with Gasteiger partial charge in [0.1, 0.15) is 5.75 Å². The van der Waals surface area contributed by atoms with Gasteiger partial charge in [-0.2, -0.15) is 0 Å². The van der Waals surface area contributed by atoms with Crippen LogP contribution >= 0.6 is 0 Å². The second-order valence-corrected chi connectivity index (χ2v) is 3.09. The summed E-state index contributed by atoms with van der Waals surface area (Å²) in [5.74, 6) is 0.0896. The third kappa shape index (κ3) is 4.39. The van der Waals surface area contributed by atoms with E-state index >= 15 is 0 Å². The summed E-state index contributed by atoms with van der Waals surface area (Å²) in [6.07, 6.45) is 2.70. The number of esters is 1. The minimum Gasteiger partial charge on any atom is -0.465 e. The molecular weight excluding hydrogens is 218 g/mol. The highest BCUT2D eigenvalue weighted by atomic mass is 16.5. The summed E-state index contributed by atoms with van der Waals surface area (Å²) in [6.45, 7) is 8.83. The van der Waals surface area contributed by atoms with Gasteiger partial charge in [0, 0.05) is 6.08 Å². The predicted molar refractivity (Wildman–Crippen MR) is 63.2 cm³/mol. The highest BCUT2D eigenvalue weighted by Gasteiger charge is 2.21. The lowest BCUT2D eigenvalue weighted by molar-refractivity contribution is -0.142. The average Bonchev–Trinajstić information content (AvgIpc) is 2.36. The van der Waals surface area contributed by atoms with Crippen molar-refractivity contribution in [2.45, 2.75) is 13.0 Å². The molecule has 0 aromatic heterocycles. The SMILES string of the molecule is [C-]#[N+]C(/C=C\Oc1ccccc1)C(=O)OCC. The minimum atomic E-state index is -0.946. The molecule has 0 aliphatic heterocycles. The van der Waals surface area contributed by atoms with Gasteiger partial charge in [0.05, 0.1) is 12.9 Å². The minimum absolute atomic E-state index is 0.262. The van der Waals surface area contributed by atoms with E-state index in [-0.39, 0.29) is 6.61 Å². The van der Waals surface area contributed by atoms with Gasteiger partial charge in [-0.05, 0) is 19.1 Å². The van der Waals surface area contributed by atoms with E-state index in [1.807, 2.05) is 18.2 Å². The Labute approximate surface area is 100 Å². The van der Waals surface area contributed by atoms with Crippen LogP contribution in [0.15, 0.2) is 42.7 Å². The normalized spacial score (nSPS) is 11.8. The van der Waals surface area contributed by atoms with Gasteiger partial charge in [-0.25, -0.2) is 11.4 Å². The molecule has 0 aliphatic rings. The predicted octanol–water partition coefficient (Wildman–Crippen LogP) is 2.43. The molecule has 0 saturated heterocycles. The Morgan fingerprint density at radius 2 is 2.18 bits per heavy atom. The quantitative estimate of drug-likeness (QED) is 0.444. The average molecular weight is 231 g/mol. The van der Waals surface area contributed by atoms with Gasteiger partial charge < -0.3 is 9.47 Å². The lowest BCUT2D eigenvalue weighted by Gasteiger charge is -2.01. The maximum absolute atomic E-state index is 11.3. The maximum atomic E-state index is 11.3. The van der Waals surface area contributed by atoms with Crippen molar-refractivity contribution in [3.05, 3.63) is 54.1 Å². The topological polar surface area (TPSA) is 39.9 Å². The molecule has 4 heteroatoms. The molecule has 0 radical (unpaired) electrons. The third-order valence-electron chi connectivity index (χ3n) is 1.88. The zero-order valence-electron chi connectivity index (χ0n) is 9.50. The van der Waals surface area contributed by atoms with Gasteiger partial charge in [-0.3, -0.25) is 4.85 Å². The van der Waals surface area contributed by atoms with Crippen LogP contribution in [0.5, 0.6) is 5.75 Å². The van der Waals surface area contributed by atoms with E-state index in [1.54, 1.807) is 19.1 Å². The molecule has 1 aromatic carbocycles. The zero-order chi connectivity index (χ0) is 12.5. The van der Waals surface area contributed by atoms with Crippen molar-refractivity contribution in [1.82, 2.24) is 0 Å². The number of hydrogen-bond donors (Lipinski definition) is 0. The highest BCUT2D eigenvalue weighted by molar-refractivity contribution is 5.79. The molecule has 1 rings (SSSR count). The van der Waals surface area contributed by atoms with Gasteiger partial charge in [-0.15, -0.1) is 0 Å². The molecular formula is C13H13NO3. The second-order valence-electron chi connectivity index (χ2n) is 3.09. The molecule has 17 heavy (non-hydrogen) atoms. The first kappa shape index (κ1) is 12.8. The molecule has 0 bridgehead atoms. The fourth-order valence-electron chi connectivity index (χ4n) is 1.09. The van der Waals surface area contributed by atoms with Crippen LogP contribution in [-0.2, 0) is 9.53 Å². The smallest absolute Gasteiger partial charge is 0.394 e. The molecule has 0 spiro atoms. The Morgan fingerprint density at radius 3 is 2.76 bits per heavy atom. The number of carbonyl (C=O) groups excluding carboxylic acids is 1. The Balaban J connectivity index is 2.52. The number of para-hydroxylation sites is 1. The van der Waals surface area contributed by atoms with E-state index in [2.05, 4.69) is 4.85 Å². The van der Waals surface area contributed by atoms with Crippen LogP contribution in [0.4, 0.5) is 0 Å². The molecule has 1 unspecified atom stereocenters. The molecule has 0 N–H and O–H groups in total. The van der Waals surface area contributed by atoms with E-state index in [1.165, 1.54) is 12.3 Å². The molecule has 0 fully saturated rings. The Kier molecular flexibility index (Phi) is 5.32. The van der Waals surface area contributed by atoms with Crippen LogP contribution in [-0.4, -0.2) is 18.6 Å². The standard InChI is InChI=1S/C13H13NO3/c1-3-16-13(15)12(14-2)9-10-17-11-7-5-4-6-8-11/h4-10,12H,3H2,1H3/b10-9-. The number of nitrogens with zero attached hydrogens (tertiary/aromatic N) is 1. The van der Waals surface area contributed by atoms with Crippen LogP contribution in [0.3, 0.4) is 0 Å². The van der Waals surface area contributed by atoms with E-state index in [0.717, 1.165) is 0 Å². The van der Waals surface area contributed by atoms with Crippen LogP contribution in [0.2, 0.25) is 0 Å². The number of hydrogen-bond acceptors (Lipinski definition) is 3. The van der Waals surface area contributed by atoms with Gasteiger partial charge >= 0.3 is 12.0 Å². The van der Waals surface area contributed by atoms with Crippen molar-refractivity contribution in [3.8, 4) is 5.75 Å². The number of rotatable bonds is 5. The van der Waals surface area contributed by atoms with Crippen molar-refractivity contribution in [3.63, 3.8) is 0 Å². The number of carbonyl (C=O) groups is 1. The summed E-state index contributed by atoms with van der Waals surface area (Å²) in [5, 5.41) is 0. The molecule has 1 aromatic rings. The third-order valence-corrected chi connectivity index (χ3v) is 1.88. The van der Waals surface area contributed by atoms with Crippen molar-refractivity contribution in [2.24, 2.45) is 0 Å². The molecule has 4 nitrogen and oxygen atoms in total. The van der Waals surface area contributed by atoms with Crippen LogP contribution in [0, 0.1) is 6.57 Å². The lowest BCUT2D eigenvalue weighted by Crippen LogP contribution is -2.17. The van der Waals surface area contributed by atoms with E-state index in [4.69, 9.17) is 16.0 Å². The van der Waals surface area contributed by atoms with Gasteiger partial charge in [-0.1, -0.05) is 18.2 Å². The van der Waals surface area contributed by atoms with Gasteiger partial charge in [0.2, 0.25) is 0 Å². The summed E-state index contributed by atoms with van der Waals surface area (Å²) in [5.41, 5.74) is 0. The summed E-state index contributed by atoms with van der Waals surface area (Å²) < 4.78 is 9.97. The molecule has 1 atom stereocenters. The lowest BCUT2D eigenvalue weighted by atomic mass is 10.3. The molecule has 0 amide bonds. The molecule has 0 aliphatic carbocycles.